The van der Waals surface area contributed by atoms with E-state index in [1.165, 1.54) is 0 Å². The summed E-state index contributed by atoms with van der Waals surface area (Å²) in [5, 5.41) is 3.23. The number of carbonyl (C=O) groups is 2. The number of rotatable bonds is 13. The number of thiol groups is 1. The minimum atomic E-state index is -0.306. The van der Waals surface area contributed by atoms with Gasteiger partial charge in [-0.05, 0) is 60.2 Å². The van der Waals surface area contributed by atoms with E-state index in [-0.39, 0.29) is 39.6 Å². The molecule has 1 N–H and O–H groups in total. The van der Waals surface area contributed by atoms with Crippen LogP contribution in [0.2, 0.25) is 0 Å². The summed E-state index contributed by atoms with van der Waals surface area (Å²) in [5.41, 5.74) is 0.245. The molecule has 178 valence electrons. The van der Waals surface area contributed by atoms with Gasteiger partial charge in [0.05, 0.1) is 0 Å². The average Bonchev–Trinajstić information content (AvgIpc) is 2.48. The van der Waals surface area contributed by atoms with Gasteiger partial charge in [-0.15, -0.1) is 0 Å². The van der Waals surface area contributed by atoms with E-state index in [0.717, 1.165) is 19.3 Å². The Kier molecular flexibility index (Phi) is 11.0. The highest BCUT2D eigenvalue weighted by Crippen LogP contribution is 2.42. The van der Waals surface area contributed by atoms with Crippen molar-refractivity contribution < 1.29 is 13.8 Å². The predicted molar refractivity (Wildman–Crippen MR) is 130 cm³/mol. The normalized spacial score (nSPS) is 14.6. The van der Waals surface area contributed by atoms with Crippen molar-refractivity contribution in [3.8, 4) is 0 Å². The Morgan fingerprint density at radius 2 is 1.40 bits per heavy atom. The molecular formula is C25H49NO3S. The van der Waals surface area contributed by atoms with Crippen molar-refractivity contribution in [3.63, 3.8) is 0 Å². The molecule has 0 aromatic carbocycles. The summed E-state index contributed by atoms with van der Waals surface area (Å²) in [6.07, 6.45) is 4.50. The predicted octanol–water partition coefficient (Wildman–Crippen LogP) is 6.98. The molecule has 0 rings (SSSR count). The van der Waals surface area contributed by atoms with Gasteiger partial charge in [0.25, 0.3) is 0 Å². The first-order chi connectivity index (χ1) is 13.3. The van der Waals surface area contributed by atoms with Crippen molar-refractivity contribution in [1.29, 1.82) is 0 Å². The second-order valence-corrected chi connectivity index (χ2v) is 13.0. The van der Waals surface area contributed by atoms with Crippen LogP contribution in [0, 0.1) is 27.6 Å². The van der Waals surface area contributed by atoms with E-state index in [2.05, 4.69) is 98.6 Å². The minimum Gasteiger partial charge on any atom is -0.395 e. The molecule has 0 radical (unpaired) electrons. The molecule has 5 heteroatoms. The highest BCUT2D eigenvalue weighted by atomic mass is 32.1. The molecule has 0 aliphatic carbocycles. The Hall–Kier alpha value is -0.710. The van der Waals surface area contributed by atoms with Gasteiger partial charge in [0.1, 0.15) is 0 Å². The molecule has 0 fully saturated rings. The first-order valence-corrected chi connectivity index (χ1v) is 11.8. The third-order valence-electron chi connectivity index (χ3n) is 6.47. The van der Waals surface area contributed by atoms with Crippen LogP contribution in [0.5, 0.6) is 0 Å². The SMILES string of the molecule is CC(CC(C)(C)CC(C)(C)C(C)C)NC(=O)CC(C)(C)CC(C)(C)CCC(=O)OS. The molecule has 30 heavy (non-hydrogen) atoms. The van der Waals surface area contributed by atoms with Crippen LogP contribution in [-0.4, -0.2) is 17.9 Å². The number of hydrogen-bond acceptors (Lipinski definition) is 4. The molecule has 0 heterocycles. The summed E-state index contributed by atoms with van der Waals surface area (Å²) in [5.74, 6) is 0.427. The number of hydrogen-bond donors (Lipinski definition) is 2. The molecule has 1 amide bonds. The third kappa shape index (κ3) is 12.2. The second-order valence-electron chi connectivity index (χ2n) is 12.8. The first kappa shape index (κ1) is 29.3. The van der Waals surface area contributed by atoms with Gasteiger partial charge in [-0.25, -0.2) is 0 Å². The Morgan fingerprint density at radius 3 is 1.87 bits per heavy atom. The number of carbonyl (C=O) groups excluding carboxylic acids is 2. The van der Waals surface area contributed by atoms with Crippen molar-refractivity contribution in [2.24, 2.45) is 27.6 Å². The van der Waals surface area contributed by atoms with Crippen molar-refractivity contribution in [2.75, 3.05) is 0 Å². The number of nitrogens with one attached hydrogen (secondary N) is 1. The molecule has 4 nitrogen and oxygen atoms in total. The molecule has 0 spiro atoms. The fourth-order valence-electron chi connectivity index (χ4n) is 5.08. The third-order valence-corrected chi connectivity index (χ3v) is 6.67. The van der Waals surface area contributed by atoms with Crippen molar-refractivity contribution >= 4 is 24.8 Å². The van der Waals surface area contributed by atoms with Crippen LogP contribution >= 0.6 is 12.9 Å². The van der Waals surface area contributed by atoms with E-state index in [4.69, 9.17) is 0 Å². The summed E-state index contributed by atoms with van der Waals surface area (Å²) < 4.78 is 4.46. The van der Waals surface area contributed by atoms with Crippen LogP contribution < -0.4 is 5.32 Å². The zero-order chi connectivity index (χ0) is 24.0. The molecule has 0 aliphatic heterocycles. The Morgan fingerprint density at radius 1 is 0.867 bits per heavy atom. The molecule has 0 aliphatic rings. The maximum atomic E-state index is 12.8. The van der Waals surface area contributed by atoms with E-state index >= 15 is 0 Å². The highest BCUT2D eigenvalue weighted by molar-refractivity contribution is 7.75. The fourth-order valence-corrected chi connectivity index (χ4v) is 5.17. The van der Waals surface area contributed by atoms with Crippen molar-refractivity contribution in [2.45, 2.75) is 121 Å². The summed E-state index contributed by atoms with van der Waals surface area (Å²) in [6, 6.07) is 0.143. The lowest BCUT2D eigenvalue weighted by Crippen LogP contribution is -2.40. The van der Waals surface area contributed by atoms with Gasteiger partial charge in [0.2, 0.25) is 5.91 Å². The Balaban J connectivity index is 4.73. The standard InChI is InChI=1S/C25H49NO3S/c1-18(2)25(10,11)17-23(6,7)14-19(3)26-20(27)15-24(8,9)16-22(4,5)13-12-21(28)29-30/h18-19,30H,12-17H2,1-11H3,(H,26,27). The number of amides is 1. The molecule has 1 atom stereocenters. The lowest BCUT2D eigenvalue weighted by Gasteiger charge is -2.39. The van der Waals surface area contributed by atoms with Gasteiger partial charge in [0.15, 0.2) is 0 Å². The van der Waals surface area contributed by atoms with Gasteiger partial charge in [0, 0.05) is 31.8 Å². The van der Waals surface area contributed by atoms with Gasteiger partial charge in [-0.1, -0.05) is 69.2 Å². The van der Waals surface area contributed by atoms with E-state index in [1.807, 2.05) is 0 Å². The molecule has 0 bridgehead atoms. The average molecular weight is 444 g/mol. The van der Waals surface area contributed by atoms with Gasteiger partial charge in [-0.2, -0.15) is 0 Å². The van der Waals surface area contributed by atoms with Crippen LogP contribution in [-0.2, 0) is 13.8 Å². The summed E-state index contributed by atoms with van der Waals surface area (Å²) in [6.45, 7) is 24.5. The van der Waals surface area contributed by atoms with Crippen LogP contribution in [0.3, 0.4) is 0 Å². The Bertz CT molecular complexity index is 565. The monoisotopic (exact) mass is 443 g/mol. The zero-order valence-corrected chi connectivity index (χ0v) is 22.5. The smallest absolute Gasteiger partial charge is 0.317 e. The maximum absolute atomic E-state index is 12.8. The largest absolute Gasteiger partial charge is 0.395 e. The van der Waals surface area contributed by atoms with E-state index in [9.17, 15) is 9.59 Å². The molecular weight excluding hydrogens is 394 g/mol. The first-order valence-electron chi connectivity index (χ1n) is 11.4. The summed E-state index contributed by atoms with van der Waals surface area (Å²) in [4.78, 5) is 24.1. The van der Waals surface area contributed by atoms with Crippen LogP contribution in [0.1, 0.15) is 115 Å². The quantitative estimate of drug-likeness (QED) is 0.238. The van der Waals surface area contributed by atoms with Crippen molar-refractivity contribution in [1.82, 2.24) is 5.32 Å². The van der Waals surface area contributed by atoms with E-state index in [0.29, 0.717) is 25.2 Å². The molecule has 0 aromatic rings. The Labute approximate surface area is 192 Å². The van der Waals surface area contributed by atoms with Crippen LogP contribution in [0.25, 0.3) is 0 Å². The van der Waals surface area contributed by atoms with E-state index < -0.39 is 0 Å². The lowest BCUT2D eigenvalue weighted by molar-refractivity contribution is -0.133. The topological polar surface area (TPSA) is 55.4 Å². The van der Waals surface area contributed by atoms with Gasteiger partial charge in [-0.3, -0.25) is 9.59 Å². The molecule has 0 aromatic heterocycles. The zero-order valence-electron chi connectivity index (χ0n) is 21.6. The van der Waals surface area contributed by atoms with Gasteiger partial charge >= 0.3 is 5.97 Å². The van der Waals surface area contributed by atoms with Gasteiger partial charge < -0.3 is 9.50 Å². The molecule has 1 unspecified atom stereocenters. The highest BCUT2D eigenvalue weighted by Gasteiger charge is 2.34. The maximum Gasteiger partial charge on any atom is 0.317 e. The van der Waals surface area contributed by atoms with Crippen molar-refractivity contribution in [3.05, 3.63) is 0 Å². The molecule has 0 saturated heterocycles. The molecule has 0 saturated carbocycles. The van der Waals surface area contributed by atoms with Crippen LogP contribution in [0.4, 0.5) is 0 Å². The van der Waals surface area contributed by atoms with Crippen LogP contribution in [0.15, 0.2) is 0 Å². The minimum absolute atomic E-state index is 0.0538. The lowest BCUT2D eigenvalue weighted by atomic mass is 9.67. The second kappa shape index (κ2) is 11.2. The summed E-state index contributed by atoms with van der Waals surface area (Å²) >= 11 is 3.57. The fraction of sp³-hybridized carbons (Fsp3) is 0.920. The van der Waals surface area contributed by atoms with E-state index in [1.54, 1.807) is 0 Å². The summed E-state index contributed by atoms with van der Waals surface area (Å²) in [7, 11) is 0.